The average Bonchev–Trinajstić information content (AvgIpc) is 2.82. The van der Waals surface area contributed by atoms with Gasteiger partial charge in [-0.15, -0.1) is 0 Å². The molecule has 0 aliphatic carbocycles. The zero-order chi connectivity index (χ0) is 11.7. The van der Waals surface area contributed by atoms with E-state index in [0.717, 1.165) is 17.2 Å². The van der Waals surface area contributed by atoms with Crippen molar-refractivity contribution in [2.45, 2.75) is 24.5 Å². The largest absolute Gasteiger partial charge is 0.497 e. The van der Waals surface area contributed by atoms with E-state index in [0.29, 0.717) is 5.25 Å². The van der Waals surface area contributed by atoms with Crippen molar-refractivity contribution in [3.05, 3.63) is 24.2 Å². The molecule has 0 aromatic carbocycles. The Morgan fingerprint density at radius 1 is 1.47 bits per heavy atom. The van der Waals surface area contributed by atoms with Gasteiger partial charge in [-0.25, -0.2) is 9.50 Å². The van der Waals surface area contributed by atoms with Crippen LogP contribution >= 0.6 is 11.8 Å². The molecule has 1 aliphatic rings. The van der Waals surface area contributed by atoms with Crippen molar-refractivity contribution < 1.29 is 4.74 Å². The normalized spacial score (nSPS) is 20.6. The van der Waals surface area contributed by atoms with E-state index in [2.05, 4.69) is 10.1 Å². The molecule has 5 heteroatoms. The third-order valence-corrected chi connectivity index (χ3v) is 4.40. The molecule has 1 saturated heterocycles. The van der Waals surface area contributed by atoms with E-state index in [9.17, 15) is 0 Å². The van der Waals surface area contributed by atoms with Gasteiger partial charge in [0.2, 0.25) is 0 Å². The standard InChI is InChI=1S/C12H15N3OS/c1-16-9-5-6-15-11(8-9)13-12(14-15)10-4-2-3-7-17-10/h5-6,8,10H,2-4,7H2,1H3. The highest BCUT2D eigenvalue weighted by molar-refractivity contribution is 7.99. The molecular weight excluding hydrogens is 234 g/mol. The highest BCUT2D eigenvalue weighted by Crippen LogP contribution is 2.36. The van der Waals surface area contributed by atoms with E-state index >= 15 is 0 Å². The smallest absolute Gasteiger partial charge is 0.164 e. The molecule has 3 heterocycles. The van der Waals surface area contributed by atoms with Crippen LogP contribution in [-0.4, -0.2) is 27.5 Å². The Balaban J connectivity index is 1.95. The molecule has 0 saturated carbocycles. The molecule has 0 bridgehead atoms. The third kappa shape index (κ3) is 2.11. The number of rotatable bonds is 2. The predicted octanol–water partition coefficient (Wildman–Crippen LogP) is 2.70. The molecule has 3 rings (SSSR count). The third-order valence-electron chi connectivity index (χ3n) is 3.03. The summed E-state index contributed by atoms with van der Waals surface area (Å²) in [6, 6.07) is 3.82. The maximum absolute atomic E-state index is 5.19. The maximum Gasteiger partial charge on any atom is 0.164 e. The fourth-order valence-corrected chi connectivity index (χ4v) is 3.33. The van der Waals surface area contributed by atoms with E-state index in [1.807, 2.05) is 34.6 Å². The lowest BCUT2D eigenvalue weighted by Crippen LogP contribution is -2.04. The summed E-state index contributed by atoms with van der Waals surface area (Å²) in [5, 5.41) is 5.01. The second kappa shape index (κ2) is 4.56. The van der Waals surface area contributed by atoms with Crippen LogP contribution in [0.2, 0.25) is 0 Å². The summed E-state index contributed by atoms with van der Waals surface area (Å²) in [5.41, 5.74) is 0.866. The van der Waals surface area contributed by atoms with Gasteiger partial charge in [-0.05, 0) is 24.7 Å². The number of aromatic nitrogens is 3. The molecule has 4 nitrogen and oxygen atoms in total. The van der Waals surface area contributed by atoms with Crippen molar-refractivity contribution in [3.63, 3.8) is 0 Å². The Hall–Kier alpha value is -1.23. The molecule has 1 unspecified atom stereocenters. The number of hydrogen-bond donors (Lipinski definition) is 0. The number of pyridine rings is 1. The number of hydrogen-bond acceptors (Lipinski definition) is 4. The van der Waals surface area contributed by atoms with Gasteiger partial charge in [0, 0.05) is 12.3 Å². The highest BCUT2D eigenvalue weighted by atomic mass is 32.2. The van der Waals surface area contributed by atoms with Crippen molar-refractivity contribution in [3.8, 4) is 5.75 Å². The Morgan fingerprint density at radius 2 is 2.41 bits per heavy atom. The second-order valence-corrected chi connectivity index (χ2v) is 5.51. The minimum absolute atomic E-state index is 0.467. The number of ether oxygens (including phenoxy) is 1. The molecule has 0 N–H and O–H groups in total. The summed E-state index contributed by atoms with van der Waals surface area (Å²) < 4.78 is 7.02. The van der Waals surface area contributed by atoms with Gasteiger partial charge in [0.15, 0.2) is 11.5 Å². The second-order valence-electron chi connectivity index (χ2n) is 4.19. The summed E-state index contributed by atoms with van der Waals surface area (Å²) in [6.07, 6.45) is 5.70. The summed E-state index contributed by atoms with van der Waals surface area (Å²) >= 11 is 1.97. The van der Waals surface area contributed by atoms with Crippen molar-refractivity contribution in [2.24, 2.45) is 0 Å². The first-order valence-corrected chi connectivity index (χ1v) is 6.93. The summed E-state index contributed by atoms with van der Waals surface area (Å²) in [6.45, 7) is 0. The van der Waals surface area contributed by atoms with Gasteiger partial charge in [-0.1, -0.05) is 6.42 Å². The first-order chi connectivity index (χ1) is 8.36. The molecule has 17 heavy (non-hydrogen) atoms. The van der Waals surface area contributed by atoms with E-state index in [4.69, 9.17) is 4.74 Å². The lowest BCUT2D eigenvalue weighted by Gasteiger charge is -2.17. The van der Waals surface area contributed by atoms with E-state index in [1.165, 1.54) is 25.0 Å². The minimum atomic E-state index is 0.467. The van der Waals surface area contributed by atoms with Crippen LogP contribution in [0.25, 0.3) is 5.65 Å². The van der Waals surface area contributed by atoms with Crippen LogP contribution in [0.5, 0.6) is 5.75 Å². The Labute approximate surface area is 104 Å². The predicted molar refractivity (Wildman–Crippen MR) is 68.6 cm³/mol. The Kier molecular flexibility index (Phi) is 2.93. The molecule has 90 valence electrons. The van der Waals surface area contributed by atoms with E-state index in [1.54, 1.807) is 7.11 Å². The van der Waals surface area contributed by atoms with E-state index in [-0.39, 0.29) is 0 Å². The zero-order valence-corrected chi connectivity index (χ0v) is 10.6. The zero-order valence-electron chi connectivity index (χ0n) is 9.80. The van der Waals surface area contributed by atoms with Gasteiger partial charge >= 0.3 is 0 Å². The number of methoxy groups -OCH3 is 1. The fourth-order valence-electron chi connectivity index (χ4n) is 2.09. The van der Waals surface area contributed by atoms with Gasteiger partial charge in [0.1, 0.15) is 5.75 Å². The highest BCUT2D eigenvalue weighted by Gasteiger charge is 2.20. The van der Waals surface area contributed by atoms with Crippen LogP contribution < -0.4 is 4.74 Å². The quantitative estimate of drug-likeness (QED) is 0.820. The number of nitrogens with zero attached hydrogens (tertiary/aromatic N) is 3. The Morgan fingerprint density at radius 3 is 3.18 bits per heavy atom. The molecule has 1 fully saturated rings. The SMILES string of the molecule is COc1ccn2nc(C3CCCCS3)nc2c1. The lowest BCUT2D eigenvalue weighted by atomic mass is 10.2. The van der Waals surface area contributed by atoms with Crippen molar-refractivity contribution in [2.75, 3.05) is 12.9 Å². The molecule has 2 aromatic heterocycles. The maximum atomic E-state index is 5.19. The van der Waals surface area contributed by atoms with Crippen LogP contribution in [0.15, 0.2) is 18.3 Å². The summed E-state index contributed by atoms with van der Waals surface area (Å²) in [4.78, 5) is 4.60. The molecule has 1 aliphatic heterocycles. The average molecular weight is 249 g/mol. The number of fused-ring (bicyclic) bond motifs is 1. The Bertz CT molecular complexity index is 519. The monoisotopic (exact) mass is 249 g/mol. The topological polar surface area (TPSA) is 39.4 Å². The van der Waals surface area contributed by atoms with Crippen LogP contribution in [0.1, 0.15) is 30.3 Å². The van der Waals surface area contributed by atoms with Crippen molar-refractivity contribution in [1.29, 1.82) is 0 Å². The molecular formula is C12H15N3OS. The summed E-state index contributed by atoms with van der Waals surface area (Å²) in [5.74, 6) is 3.01. The van der Waals surface area contributed by atoms with Crippen molar-refractivity contribution in [1.82, 2.24) is 14.6 Å². The summed E-state index contributed by atoms with van der Waals surface area (Å²) in [7, 11) is 1.67. The molecule has 2 aromatic rings. The molecule has 1 atom stereocenters. The lowest BCUT2D eigenvalue weighted by molar-refractivity contribution is 0.414. The van der Waals surface area contributed by atoms with Crippen LogP contribution in [0.4, 0.5) is 0 Å². The minimum Gasteiger partial charge on any atom is -0.497 e. The van der Waals surface area contributed by atoms with Gasteiger partial charge < -0.3 is 4.74 Å². The van der Waals surface area contributed by atoms with Crippen molar-refractivity contribution >= 4 is 17.4 Å². The molecule has 0 radical (unpaired) electrons. The molecule has 0 amide bonds. The van der Waals surface area contributed by atoms with Crippen LogP contribution in [0, 0.1) is 0 Å². The first-order valence-electron chi connectivity index (χ1n) is 5.89. The first kappa shape index (κ1) is 10.9. The van der Waals surface area contributed by atoms with Crippen LogP contribution in [-0.2, 0) is 0 Å². The van der Waals surface area contributed by atoms with Gasteiger partial charge in [-0.2, -0.15) is 16.9 Å². The molecule has 0 spiro atoms. The van der Waals surface area contributed by atoms with Gasteiger partial charge in [-0.3, -0.25) is 0 Å². The van der Waals surface area contributed by atoms with Gasteiger partial charge in [0.25, 0.3) is 0 Å². The van der Waals surface area contributed by atoms with Gasteiger partial charge in [0.05, 0.1) is 12.4 Å². The van der Waals surface area contributed by atoms with Crippen LogP contribution in [0.3, 0.4) is 0 Å². The van der Waals surface area contributed by atoms with E-state index < -0.39 is 0 Å². The fraction of sp³-hybridized carbons (Fsp3) is 0.500. The number of thioether (sulfide) groups is 1.